The summed E-state index contributed by atoms with van der Waals surface area (Å²) in [5.41, 5.74) is 2.34. The molecule has 2 unspecified atom stereocenters. The van der Waals surface area contributed by atoms with Gasteiger partial charge in [0.05, 0.1) is 13.2 Å². The highest BCUT2D eigenvalue weighted by molar-refractivity contribution is 5.79. The monoisotopic (exact) mass is 368 g/mol. The standard InChI is InChI=1S/C22H32N4O/c1-4-24-22(25-14-20(16-27)18-9-6-5-7-10-18)26-15-21(17(2)3)19-11-8-12-23-13-19/h5-13,17,20-21,27H,4,14-16H2,1-3H3,(H2,24,25,26). The molecule has 146 valence electrons. The van der Waals surface area contributed by atoms with Crippen molar-refractivity contribution in [1.82, 2.24) is 15.6 Å². The number of guanidine groups is 1. The first-order valence-corrected chi connectivity index (χ1v) is 9.73. The SMILES string of the molecule is CCNC(=NCC(CO)c1ccccc1)NCC(c1cccnc1)C(C)C. The first-order chi connectivity index (χ1) is 13.2. The third-order valence-corrected chi connectivity index (χ3v) is 4.71. The van der Waals surface area contributed by atoms with Gasteiger partial charge in [-0.1, -0.05) is 50.2 Å². The van der Waals surface area contributed by atoms with Crippen molar-refractivity contribution in [3.63, 3.8) is 0 Å². The van der Waals surface area contributed by atoms with E-state index in [2.05, 4.69) is 42.5 Å². The van der Waals surface area contributed by atoms with Gasteiger partial charge in [-0.3, -0.25) is 9.98 Å². The largest absolute Gasteiger partial charge is 0.396 e. The van der Waals surface area contributed by atoms with Crippen LogP contribution in [-0.4, -0.2) is 42.3 Å². The van der Waals surface area contributed by atoms with Gasteiger partial charge in [-0.25, -0.2) is 0 Å². The van der Waals surface area contributed by atoms with Crippen molar-refractivity contribution in [2.75, 3.05) is 26.2 Å². The van der Waals surface area contributed by atoms with Gasteiger partial charge >= 0.3 is 0 Å². The molecule has 5 heteroatoms. The topological polar surface area (TPSA) is 69.5 Å². The Morgan fingerprint density at radius 1 is 1.07 bits per heavy atom. The van der Waals surface area contributed by atoms with Gasteiger partial charge in [0, 0.05) is 37.3 Å². The van der Waals surface area contributed by atoms with Crippen LogP contribution in [0.15, 0.2) is 59.9 Å². The molecular weight excluding hydrogens is 336 g/mol. The second kappa shape index (κ2) is 11.3. The number of benzene rings is 1. The number of hydrogen-bond acceptors (Lipinski definition) is 3. The summed E-state index contributed by atoms with van der Waals surface area (Å²) in [4.78, 5) is 8.96. The number of aliphatic imine (C=N–C) groups is 1. The molecule has 2 rings (SSSR count). The van der Waals surface area contributed by atoms with Crippen LogP contribution in [0.4, 0.5) is 0 Å². The molecule has 0 aliphatic carbocycles. The lowest BCUT2D eigenvalue weighted by atomic mass is 9.89. The number of nitrogens with one attached hydrogen (secondary N) is 2. The molecule has 1 aromatic heterocycles. The van der Waals surface area contributed by atoms with E-state index in [1.165, 1.54) is 5.56 Å². The molecular formula is C22H32N4O. The number of pyridine rings is 1. The smallest absolute Gasteiger partial charge is 0.191 e. The van der Waals surface area contributed by atoms with Crippen LogP contribution in [-0.2, 0) is 0 Å². The van der Waals surface area contributed by atoms with Crippen molar-refractivity contribution in [2.45, 2.75) is 32.6 Å². The fraction of sp³-hybridized carbons (Fsp3) is 0.455. The van der Waals surface area contributed by atoms with Crippen LogP contribution in [0.2, 0.25) is 0 Å². The van der Waals surface area contributed by atoms with E-state index in [9.17, 15) is 5.11 Å². The summed E-state index contributed by atoms with van der Waals surface area (Å²) in [5, 5.41) is 16.5. The molecule has 0 radical (unpaired) electrons. The molecule has 0 aliphatic heterocycles. The van der Waals surface area contributed by atoms with Crippen LogP contribution in [0.25, 0.3) is 0 Å². The lowest BCUT2D eigenvalue weighted by Crippen LogP contribution is -2.40. The summed E-state index contributed by atoms with van der Waals surface area (Å²) in [6, 6.07) is 14.1. The van der Waals surface area contributed by atoms with E-state index in [-0.39, 0.29) is 12.5 Å². The van der Waals surface area contributed by atoms with Crippen LogP contribution < -0.4 is 10.6 Å². The zero-order valence-corrected chi connectivity index (χ0v) is 16.6. The lowest BCUT2D eigenvalue weighted by molar-refractivity contribution is 0.268. The van der Waals surface area contributed by atoms with Crippen molar-refractivity contribution >= 4 is 5.96 Å². The van der Waals surface area contributed by atoms with Crippen LogP contribution in [0.1, 0.15) is 43.7 Å². The lowest BCUT2D eigenvalue weighted by Gasteiger charge is -2.23. The maximum atomic E-state index is 9.74. The van der Waals surface area contributed by atoms with Gasteiger partial charge in [-0.2, -0.15) is 0 Å². The average Bonchev–Trinajstić information content (AvgIpc) is 2.70. The third-order valence-electron chi connectivity index (χ3n) is 4.71. The summed E-state index contributed by atoms with van der Waals surface area (Å²) < 4.78 is 0. The second-order valence-electron chi connectivity index (χ2n) is 7.03. The van der Waals surface area contributed by atoms with E-state index in [0.717, 1.165) is 24.6 Å². The summed E-state index contributed by atoms with van der Waals surface area (Å²) >= 11 is 0. The molecule has 3 N–H and O–H groups in total. The fourth-order valence-corrected chi connectivity index (χ4v) is 3.08. The van der Waals surface area contributed by atoms with Crippen LogP contribution in [0.5, 0.6) is 0 Å². The van der Waals surface area contributed by atoms with Crippen molar-refractivity contribution in [1.29, 1.82) is 0 Å². The Labute approximate surface area is 163 Å². The predicted molar refractivity (Wildman–Crippen MR) is 112 cm³/mol. The summed E-state index contributed by atoms with van der Waals surface area (Å²) in [7, 11) is 0. The van der Waals surface area contributed by atoms with E-state index < -0.39 is 0 Å². The normalized spacial score (nSPS) is 14.0. The Hall–Kier alpha value is -2.40. The van der Waals surface area contributed by atoms with E-state index in [4.69, 9.17) is 4.99 Å². The minimum atomic E-state index is 0.000810. The first-order valence-electron chi connectivity index (χ1n) is 9.73. The number of hydrogen-bond donors (Lipinski definition) is 3. The molecule has 0 aliphatic rings. The van der Waals surface area contributed by atoms with Crippen LogP contribution in [0.3, 0.4) is 0 Å². The quantitative estimate of drug-likeness (QED) is 0.470. The highest BCUT2D eigenvalue weighted by Crippen LogP contribution is 2.22. The molecule has 0 fully saturated rings. The molecule has 0 spiro atoms. The zero-order chi connectivity index (χ0) is 19.5. The molecule has 1 aromatic carbocycles. The fourth-order valence-electron chi connectivity index (χ4n) is 3.08. The molecule has 1 heterocycles. The highest BCUT2D eigenvalue weighted by Gasteiger charge is 2.17. The van der Waals surface area contributed by atoms with Gasteiger partial charge in [-0.15, -0.1) is 0 Å². The number of rotatable bonds is 9. The molecule has 2 atom stereocenters. The first kappa shape index (κ1) is 20.9. The number of aliphatic hydroxyl groups excluding tert-OH is 1. The Balaban J connectivity index is 2.04. The minimum absolute atomic E-state index is 0.000810. The van der Waals surface area contributed by atoms with Gasteiger partial charge < -0.3 is 15.7 Å². The molecule has 2 aromatic rings. The summed E-state index contributed by atoms with van der Waals surface area (Å²) in [6.45, 7) is 8.69. The zero-order valence-electron chi connectivity index (χ0n) is 16.6. The summed E-state index contributed by atoms with van der Waals surface area (Å²) in [6.07, 6.45) is 3.74. The van der Waals surface area contributed by atoms with E-state index in [1.807, 2.05) is 42.6 Å². The second-order valence-corrected chi connectivity index (χ2v) is 7.03. The Morgan fingerprint density at radius 3 is 2.41 bits per heavy atom. The number of aromatic nitrogens is 1. The van der Waals surface area contributed by atoms with Crippen molar-refractivity contribution in [2.24, 2.45) is 10.9 Å². The van der Waals surface area contributed by atoms with Gasteiger partial charge in [0.15, 0.2) is 5.96 Å². The predicted octanol–water partition coefficient (Wildman–Crippen LogP) is 3.15. The van der Waals surface area contributed by atoms with Gasteiger partial charge in [0.1, 0.15) is 0 Å². The third kappa shape index (κ3) is 6.68. The highest BCUT2D eigenvalue weighted by atomic mass is 16.3. The van der Waals surface area contributed by atoms with Gasteiger partial charge in [0.2, 0.25) is 0 Å². The summed E-state index contributed by atoms with van der Waals surface area (Å²) in [5.74, 6) is 1.62. The van der Waals surface area contributed by atoms with Crippen LogP contribution in [0, 0.1) is 5.92 Å². The van der Waals surface area contributed by atoms with Gasteiger partial charge in [0.25, 0.3) is 0 Å². The average molecular weight is 369 g/mol. The maximum absolute atomic E-state index is 9.74. The molecule has 5 nitrogen and oxygen atoms in total. The molecule has 0 amide bonds. The number of nitrogens with zero attached hydrogens (tertiary/aromatic N) is 2. The van der Waals surface area contributed by atoms with Gasteiger partial charge in [-0.05, 0) is 30.0 Å². The van der Waals surface area contributed by atoms with E-state index in [0.29, 0.717) is 18.4 Å². The molecule has 27 heavy (non-hydrogen) atoms. The van der Waals surface area contributed by atoms with Crippen LogP contribution >= 0.6 is 0 Å². The molecule has 0 saturated heterocycles. The van der Waals surface area contributed by atoms with E-state index >= 15 is 0 Å². The molecule has 0 bridgehead atoms. The Morgan fingerprint density at radius 2 is 1.81 bits per heavy atom. The molecule has 0 saturated carbocycles. The Bertz CT molecular complexity index is 673. The van der Waals surface area contributed by atoms with Crippen molar-refractivity contribution in [3.05, 3.63) is 66.0 Å². The Kier molecular flexibility index (Phi) is 8.78. The van der Waals surface area contributed by atoms with E-state index in [1.54, 1.807) is 6.20 Å². The number of aliphatic hydroxyl groups is 1. The van der Waals surface area contributed by atoms with Crippen molar-refractivity contribution in [3.8, 4) is 0 Å². The minimum Gasteiger partial charge on any atom is -0.396 e. The van der Waals surface area contributed by atoms with Crippen molar-refractivity contribution < 1.29 is 5.11 Å². The maximum Gasteiger partial charge on any atom is 0.191 e.